The molecule has 8 heteroatoms. The second-order valence-corrected chi connectivity index (χ2v) is 8.79. The number of rotatable bonds is 4. The fourth-order valence-corrected chi connectivity index (χ4v) is 4.72. The fourth-order valence-electron chi connectivity index (χ4n) is 3.08. The summed E-state index contributed by atoms with van der Waals surface area (Å²) in [4.78, 5) is 4.67. The van der Waals surface area contributed by atoms with Crippen LogP contribution in [0.2, 0.25) is 5.02 Å². The average Bonchev–Trinajstić information content (AvgIpc) is 3.19. The lowest BCUT2D eigenvalue weighted by Gasteiger charge is -2.25. The largest absolute Gasteiger partial charge is 0.334 e. The molecule has 1 aliphatic rings. The first-order valence-electron chi connectivity index (χ1n) is 8.74. The summed E-state index contributed by atoms with van der Waals surface area (Å²) in [5.74, 6) is 0.786. The minimum absolute atomic E-state index is 0.287. The van der Waals surface area contributed by atoms with Crippen molar-refractivity contribution < 1.29 is 12.9 Å². The Labute approximate surface area is 162 Å². The number of sulfonamides is 1. The van der Waals surface area contributed by atoms with Crippen molar-refractivity contribution >= 4 is 21.6 Å². The molecule has 4 rings (SSSR count). The Bertz CT molecular complexity index is 1020. The van der Waals surface area contributed by atoms with Crippen LogP contribution in [-0.2, 0) is 10.0 Å². The summed E-state index contributed by atoms with van der Waals surface area (Å²) in [6, 6.07) is 13.7. The molecule has 0 unspecified atom stereocenters. The third-order valence-corrected chi connectivity index (χ3v) is 6.75. The van der Waals surface area contributed by atoms with E-state index in [1.165, 1.54) is 0 Å². The van der Waals surface area contributed by atoms with Crippen LogP contribution in [0.3, 0.4) is 0 Å². The highest BCUT2D eigenvalue weighted by Crippen LogP contribution is 2.26. The quantitative estimate of drug-likeness (QED) is 0.651. The summed E-state index contributed by atoms with van der Waals surface area (Å²) in [5, 5.41) is 4.62. The summed E-state index contributed by atoms with van der Waals surface area (Å²) >= 11 is 5.89. The monoisotopic (exact) mass is 403 g/mol. The van der Waals surface area contributed by atoms with E-state index < -0.39 is 10.0 Å². The maximum absolute atomic E-state index is 12.7. The van der Waals surface area contributed by atoms with E-state index in [4.69, 9.17) is 16.1 Å². The number of hydrogen-bond acceptors (Lipinski definition) is 5. The van der Waals surface area contributed by atoms with Gasteiger partial charge in [-0.15, -0.1) is 0 Å². The Balaban J connectivity index is 1.57. The minimum Gasteiger partial charge on any atom is -0.334 e. The van der Waals surface area contributed by atoms with E-state index in [0.29, 0.717) is 35.4 Å². The van der Waals surface area contributed by atoms with Crippen molar-refractivity contribution in [3.63, 3.8) is 0 Å². The zero-order valence-electron chi connectivity index (χ0n) is 14.5. The molecule has 2 heterocycles. The molecule has 1 saturated heterocycles. The predicted octanol–water partition coefficient (Wildman–Crippen LogP) is 4.23. The van der Waals surface area contributed by atoms with Crippen LogP contribution >= 0.6 is 11.6 Å². The van der Waals surface area contributed by atoms with Crippen LogP contribution in [0.1, 0.15) is 19.3 Å². The van der Waals surface area contributed by atoms with Gasteiger partial charge in [0.2, 0.25) is 15.8 Å². The lowest BCUT2D eigenvalue weighted by molar-refractivity contribution is 0.346. The van der Waals surface area contributed by atoms with E-state index >= 15 is 0 Å². The second-order valence-electron chi connectivity index (χ2n) is 6.42. The van der Waals surface area contributed by atoms with Crippen molar-refractivity contribution in [1.29, 1.82) is 0 Å². The van der Waals surface area contributed by atoms with Gasteiger partial charge in [-0.1, -0.05) is 23.2 Å². The van der Waals surface area contributed by atoms with Crippen molar-refractivity contribution in [2.24, 2.45) is 0 Å². The van der Waals surface area contributed by atoms with Crippen LogP contribution < -0.4 is 0 Å². The van der Waals surface area contributed by atoms with Crippen LogP contribution in [0.4, 0.5) is 0 Å². The zero-order valence-corrected chi connectivity index (χ0v) is 16.1. The Kier molecular flexibility index (Phi) is 4.99. The van der Waals surface area contributed by atoms with E-state index in [-0.39, 0.29) is 4.90 Å². The highest BCUT2D eigenvalue weighted by atomic mass is 35.5. The van der Waals surface area contributed by atoms with Gasteiger partial charge in [0.15, 0.2) is 0 Å². The first-order valence-corrected chi connectivity index (χ1v) is 10.6. The molecule has 140 valence electrons. The summed E-state index contributed by atoms with van der Waals surface area (Å²) in [5.41, 5.74) is 1.46. The smallest absolute Gasteiger partial charge is 0.258 e. The highest BCUT2D eigenvalue weighted by Gasteiger charge is 2.25. The van der Waals surface area contributed by atoms with Gasteiger partial charge in [-0.2, -0.15) is 9.29 Å². The van der Waals surface area contributed by atoms with Gasteiger partial charge in [0.1, 0.15) is 0 Å². The van der Waals surface area contributed by atoms with Gasteiger partial charge in [0.25, 0.3) is 5.89 Å². The van der Waals surface area contributed by atoms with E-state index in [9.17, 15) is 8.42 Å². The maximum atomic E-state index is 12.7. The molecule has 0 radical (unpaired) electrons. The number of benzene rings is 2. The van der Waals surface area contributed by atoms with Gasteiger partial charge in [-0.25, -0.2) is 8.42 Å². The Morgan fingerprint density at radius 1 is 0.889 bits per heavy atom. The Morgan fingerprint density at radius 2 is 1.52 bits per heavy atom. The highest BCUT2D eigenvalue weighted by molar-refractivity contribution is 7.89. The molecule has 3 aromatic rings. The molecule has 0 bridgehead atoms. The molecule has 1 aliphatic heterocycles. The molecule has 1 fully saturated rings. The van der Waals surface area contributed by atoms with E-state index in [1.54, 1.807) is 52.8 Å². The lowest BCUT2D eigenvalue weighted by atomic mass is 10.2. The number of piperidine rings is 1. The maximum Gasteiger partial charge on any atom is 0.258 e. The number of nitrogens with zero attached hydrogens (tertiary/aromatic N) is 3. The normalized spacial score (nSPS) is 15.7. The van der Waals surface area contributed by atoms with Gasteiger partial charge in [0, 0.05) is 29.2 Å². The van der Waals surface area contributed by atoms with Crippen LogP contribution in [-0.4, -0.2) is 36.0 Å². The first-order chi connectivity index (χ1) is 13.0. The molecule has 0 N–H and O–H groups in total. The second kappa shape index (κ2) is 7.42. The van der Waals surface area contributed by atoms with E-state index in [2.05, 4.69) is 10.1 Å². The summed E-state index contributed by atoms with van der Waals surface area (Å²) in [6.45, 7) is 1.17. The summed E-state index contributed by atoms with van der Waals surface area (Å²) < 4.78 is 32.3. The number of hydrogen-bond donors (Lipinski definition) is 0. The molecule has 0 amide bonds. The molecular formula is C19H18ClN3O3S. The molecular weight excluding hydrogens is 386 g/mol. The third-order valence-electron chi connectivity index (χ3n) is 4.58. The van der Waals surface area contributed by atoms with Gasteiger partial charge >= 0.3 is 0 Å². The summed E-state index contributed by atoms with van der Waals surface area (Å²) in [7, 11) is -3.45. The molecule has 1 aromatic heterocycles. The Morgan fingerprint density at radius 3 is 2.19 bits per heavy atom. The first kappa shape index (κ1) is 18.2. The number of aromatic nitrogens is 2. The van der Waals surface area contributed by atoms with Gasteiger partial charge in [-0.3, -0.25) is 0 Å². The van der Waals surface area contributed by atoms with Gasteiger partial charge in [-0.05, 0) is 61.4 Å². The molecule has 6 nitrogen and oxygen atoms in total. The standard InChI is InChI=1S/C19H18ClN3O3S/c20-16-8-4-15(5-9-16)19-21-18(22-26-19)14-6-10-17(11-7-14)27(24,25)23-12-2-1-3-13-23/h4-11H,1-3,12-13H2. The molecule has 27 heavy (non-hydrogen) atoms. The van der Waals surface area contributed by atoms with Crippen LogP contribution in [0.15, 0.2) is 57.9 Å². The predicted molar refractivity (Wildman–Crippen MR) is 103 cm³/mol. The molecule has 0 saturated carbocycles. The van der Waals surface area contributed by atoms with Crippen molar-refractivity contribution in [2.45, 2.75) is 24.2 Å². The van der Waals surface area contributed by atoms with Crippen LogP contribution in [0.25, 0.3) is 22.8 Å². The van der Waals surface area contributed by atoms with E-state index in [0.717, 1.165) is 24.8 Å². The van der Waals surface area contributed by atoms with E-state index in [1.807, 2.05) is 0 Å². The molecule has 0 atom stereocenters. The van der Waals surface area contributed by atoms with Crippen molar-refractivity contribution in [1.82, 2.24) is 14.4 Å². The lowest BCUT2D eigenvalue weighted by Crippen LogP contribution is -2.35. The minimum atomic E-state index is -3.45. The topological polar surface area (TPSA) is 76.3 Å². The average molecular weight is 404 g/mol. The Hall–Kier alpha value is -2.22. The van der Waals surface area contributed by atoms with Crippen LogP contribution in [0.5, 0.6) is 0 Å². The van der Waals surface area contributed by atoms with Gasteiger partial charge < -0.3 is 4.52 Å². The molecule has 2 aromatic carbocycles. The third kappa shape index (κ3) is 3.76. The summed E-state index contributed by atoms with van der Waals surface area (Å²) in [6.07, 6.45) is 2.90. The number of halogens is 1. The SMILES string of the molecule is O=S(=O)(c1ccc(-c2noc(-c3ccc(Cl)cc3)n2)cc1)N1CCCCC1. The van der Waals surface area contributed by atoms with Crippen molar-refractivity contribution in [3.05, 3.63) is 53.6 Å². The molecule has 0 aliphatic carbocycles. The fraction of sp³-hybridized carbons (Fsp3) is 0.263. The van der Waals surface area contributed by atoms with Crippen molar-refractivity contribution in [2.75, 3.05) is 13.1 Å². The van der Waals surface area contributed by atoms with Gasteiger partial charge in [0.05, 0.1) is 4.90 Å². The molecule has 0 spiro atoms. The van der Waals surface area contributed by atoms with Crippen molar-refractivity contribution in [3.8, 4) is 22.8 Å². The zero-order chi connectivity index (χ0) is 18.9. The van der Waals surface area contributed by atoms with Crippen LogP contribution in [0, 0.1) is 0 Å².